The molecule has 142 valence electrons. The Morgan fingerprint density at radius 1 is 1.11 bits per heavy atom. The van der Waals surface area contributed by atoms with Gasteiger partial charge in [0.05, 0.1) is 0 Å². The van der Waals surface area contributed by atoms with Gasteiger partial charge in [0, 0.05) is 46.7 Å². The number of carbonyl (C=O) groups excluding carboxylic acids is 2. The van der Waals surface area contributed by atoms with E-state index in [0.29, 0.717) is 6.42 Å². The number of benzene rings is 2. The maximum Gasteiger partial charge on any atom is 0.269 e. The van der Waals surface area contributed by atoms with Crippen molar-refractivity contribution < 1.29 is 9.59 Å². The number of hydrogen-bond acceptors (Lipinski definition) is 4. The first-order valence-corrected chi connectivity index (χ1v) is 9.31. The topological polar surface area (TPSA) is 86.9 Å². The Bertz CT molecular complexity index is 1120. The molecule has 6 heteroatoms. The number of carbonyl (C=O) groups is 2. The molecule has 2 amide bonds. The molecule has 1 aromatic heterocycles. The molecule has 6 nitrogen and oxygen atoms in total. The Labute approximate surface area is 163 Å². The third-order valence-corrected chi connectivity index (χ3v) is 4.57. The molecule has 0 aliphatic heterocycles. The van der Waals surface area contributed by atoms with Crippen LogP contribution in [0.2, 0.25) is 0 Å². The third-order valence-electron chi connectivity index (χ3n) is 4.57. The van der Waals surface area contributed by atoms with Crippen LogP contribution in [0.3, 0.4) is 0 Å². The summed E-state index contributed by atoms with van der Waals surface area (Å²) in [5.41, 5.74) is 2.90. The molecular weight excluding hydrogens is 352 g/mol. The zero-order valence-electron chi connectivity index (χ0n) is 16.0. The van der Waals surface area contributed by atoms with Gasteiger partial charge in [0.2, 0.25) is 5.91 Å². The Morgan fingerprint density at radius 2 is 1.86 bits per heavy atom. The maximum atomic E-state index is 12.0. The summed E-state index contributed by atoms with van der Waals surface area (Å²) in [5, 5.41) is 16.7. The summed E-state index contributed by atoms with van der Waals surface area (Å²) in [4.78, 5) is 23.6. The van der Waals surface area contributed by atoms with Gasteiger partial charge in [-0.05, 0) is 37.6 Å². The zero-order chi connectivity index (χ0) is 20.1. The van der Waals surface area contributed by atoms with Gasteiger partial charge >= 0.3 is 0 Å². The van der Waals surface area contributed by atoms with Crippen molar-refractivity contribution in [3.05, 3.63) is 54.2 Å². The Morgan fingerprint density at radius 3 is 2.57 bits per heavy atom. The van der Waals surface area contributed by atoms with Crippen molar-refractivity contribution in [1.29, 1.82) is 5.26 Å². The van der Waals surface area contributed by atoms with Crippen molar-refractivity contribution in [2.45, 2.75) is 33.2 Å². The Balaban J connectivity index is 1.89. The number of rotatable bonds is 6. The fourth-order valence-electron chi connectivity index (χ4n) is 3.27. The van der Waals surface area contributed by atoms with Crippen LogP contribution in [0, 0.1) is 11.3 Å². The predicted octanol–water partition coefficient (Wildman–Crippen LogP) is 4.08. The lowest BCUT2D eigenvalue weighted by Gasteiger charge is -2.05. The number of nitrogens with one attached hydrogen (secondary N) is 2. The summed E-state index contributed by atoms with van der Waals surface area (Å²) in [5.74, 6) is -1.08. The second kappa shape index (κ2) is 8.40. The van der Waals surface area contributed by atoms with Gasteiger partial charge in [0.1, 0.15) is 11.6 Å². The van der Waals surface area contributed by atoms with E-state index in [-0.39, 0.29) is 17.9 Å². The highest BCUT2D eigenvalue weighted by Gasteiger charge is 2.13. The molecule has 0 aliphatic carbocycles. The van der Waals surface area contributed by atoms with Crippen molar-refractivity contribution in [3.8, 4) is 6.07 Å². The Hall–Kier alpha value is -3.59. The Kier molecular flexibility index (Phi) is 5.75. The van der Waals surface area contributed by atoms with E-state index in [1.54, 1.807) is 0 Å². The van der Waals surface area contributed by atoms with E-state index in [4.69, 9.17) is 0 Å². The van der Waals surface area contributed by atoms with Crippen molar-refractivity contribution in [3.63, 3.8) is 0 Å². The van der Waals surface area contributed by atoms with Gasteiger partial charge in [-0.15, -0.1) is 0 Å². The molecule has 0 saturated heterocycles. The van der Waals surface area contributed by atoms with Gasteiger partial charge in [-0.1, -0.05) is 25.1 Å². The summed E-state index contributed by atoms with van der Waals surface area (Å²) in [6, 6.07) is 15.9. The number of para-hydroxylation sites is 1. The molecule has 0 spiro atoms. The molecule has 0 fully saturated rings. The zero-order valence-corrected chi connectivity index (χ0v) is 16.0. The second-order valence-corrected chi connectivity index (χ2v) is 6.43. The highest BCUT2D eigenvalue weighted by molar-refractivity contribution is 6.09. The van der Waals surface area contributed by atoms with Crippen molar-refractivity contribution in [1.82, 2.24) is 9.88 Å². The van der Waals surface area contributed by atoms with Gasteiger partial charge < -0.3 is 9.88 Å². The molecule has 0 atom stereocenters. The number of amides is 2. The fourth-order valence-corrected chi connectivity index (χ4v) is 3.27. The summed E-state index contributed by atoms with van der Waals surface area (Å²) < 4.78 is 2.25. The van der Waals surface area contributed by atoms with Gasteiger partial charge in [-0.25, -0.2) is 0 Å². The van der Waals surface area contributed by atoms with E-state index >= 15 is 0 Å². The van der Waals surface area contributed by atoms with Crippen LogP contribution in [-0.4, -0.2) is 16.4 Å². The van der Waals surface area contributed by atoms with E-state index in [9.17, 15) is 14.9 Å². The highest BCUT2D eigenvalue weighted by atomic mass is 16.2. The van der Waals surface area contributed by atoms with Crippen LogP contribution < -0.4 is 10.6 Å². The molecule has 2 aromatic carbocycles. The monoisotopic (exact) mass is 374 g/mol. The molecule has 3 rings (SSSR count). The summed E-state index contributed by atoms with van der Waals surface area (Å²) in [6.07, 6.45) is 2.21. The van der Waals surface area contributed by atoms with Crippen LogP contribution in [-0.2, 0) is 16.1 Å². The number of hydrogen-bond donors (Lipinski definition) is 2. The lowest BCUT2D eigenvalue weighted by Crippen LogP contribution is -2.31. The van der Waals surface area contributed by atoms with E-state index in [1.165, 1.54) is 11.7 Å². The van der Waals surface area contributed by atoms with E-state index in [0.717, 1.165) is 28.5 Å². The van der Waals surface area contributed by atoms with Gasteiger partial charge in [-0.3, -0.25) is 14.9 Å². The predicted molar refractivity (Wildman–Crippen MR) is 110 cm³/mol. The first kappa shape index (κ1) is 19.2. The van der Waals surface area contributed by atoms with Crippen LogP contribution >= 0.6 is 0 Å². The largest absolute Gasteiger partial charge is 0.360 e. The standard InChI is InChI=1S/C22H22N4O2/c1-3-7-21(27)25-22(28)15(13-23)14-24-16-10-11-20-18(12-16)17-8-5-6-9-19(17)26(20)4-2/h5-6,8-12,14,24H,3-4,7H2,1-2H3,(H,25,27,28)/b15-14-. The number of imide groups is 1. The maximum absolute atomic E-state index is 12.0. The number of fused-ring (bicyclic) bond motifs is 3. The lowest BCUT2D eigenvalue weighted by molar-refractivity contribution is -0.128. The average Bonchev–Trinajstić information content (AvgIpc) is 3.01. The van der Waals surface area contributed by atoms with Crippen LogP contribution in [0.25, 0.3) is 21.8 Å². The van der Waals surface area contributed by atoms with Crippen LogP contribution in [0.5, 0.6) is 0 Å². The van der Waals surface area contributed by atoms with Gasteiger partial charge in [-0.2, -0.15) is 5.26 Å². The minimum Gasteiger partial charge on any atom is -0.360 e. The molecular formula is C22H22N4O2. The number of nitriles is 1. The number of aryl methyl sites for hydroxylation is 1. The fraction of sp³-hybridized carbons (Fsp3) is 0.227. The molecule has 28 heavy (non-hydrogen) atoms. The van der Waals surface area contributed by atoms with E-state index in [2.05, 4.69) is 34.3 Å². The molecule has 0 unspecified atom stereocenters. The van der Waals surface area contributed by atoms with Crippen molar-refractivity contribution >= 4 is 39.3 Å². The molecule has 2 N–H and O–H groups in total. The molecule has 0 saturated carbocycles. The van der Waals surface area contributed by atoms with E-state index in [1.807, 2.05) is 43.3 Å². The minimum atomic E-state index is -0.697. The molecule has 0 bridgehead atoms. The first-order valence-electron chi connectivity index (χ1n) is 9.31. The van der Waals surface area contributed by atoms with Crippen molar-refractivity contribution in [2.75, 3.05) is 5.32 Å². The molecule has 0 aliphatic rings. The van der Waals surface area contributed by atoms with Gasteiger partial charge in [0.25, 0.3) is 5.91 Å². The highest BCUT2D eigenvalue weighted by Crippen LogP contribution is 2.30. The smallest absolute Gasteiger partial charge is 0.269 e. The van der Waals surface area contributed by atoms with Crippen LogP contribution in [0.4, 0.5) is 5.69 Å². The quantitative estimate of drug-likeness (QED) is 0.503. The molecule has 1 heterocycles. The first-order chi connectivity index (χ1) is 13.6. The second-order valence-electron chi connectivity index (χ2n) is 6.43. The summed E-state index contributed by atoms with van der Waals surface area (Å²) >= 11 is 0. The SMILES string of the molecule is CCCC(=O)NC(=O)/C(C#N)=C\Nc1ccc2c(c1)c1ccccc1n2CC. The lowest BCUT2D eigenvalue weighted by atomic mass is 10.1. The number of aromatic nitrogens is 1. The van der Waals surface area contributed by atoms with Crippen LogP contribution in [0.15, 0.2) is 54.2 Å². The van der Waals surface area contributed by atoms with E-state index < -0.39 is 5.91 Å². The van der Waals surface area contributed by atoms with Gasteiger partial charge in [0.15, 0.2) is 0 Å². The third kappa shape index (κ3) is 3.74. The average molecular weight is 374 g/mol. The number of nitrogens with zero attached hydrogens (tertiary/aromatic N) is 2. The summed E-state index contributed by atoms with van der Waals surface area (Å²) in [6.45, 7) is 4.82. The molecule has 3 aromatic rings. The normalized spacial score (nSPS) is 11.4. The minimum absolute atomic E-state index is 0.152. The molecule has 0 radical (unpaired) electrons. The number of anilines is 1. The summed E-state index contributed by atoms with van der Waals surface area (Å²) in [7, 11) is 0. The van der Waals surface area contributed by atoms with Crippen LogP contribution in [0.1, 0.15) is 26.7 Å². The van der Waals surface area contributed by atoms with Crippen molar-refractivity contribution in [2.24, 2.45) is 0 Å².